The first-order valence-electron chi connectivity index (χ1n) is 7.31. The lowest BCUT2D eigenvalue weighted by Gasteiger charge is -2.16. The summed E-state index contributed by atoms with van der Waals surface area (Å²) in [5.74, 6) is -2.35. The molecule has 0 bridgehead atoms. The molecular formula is C18H15F2N3O. The lowest BCUT2D eigenvalue weighted by Crippen LogP contribution is -2.26. The second-order valence-electron chi connectivity index (χ2n) is 5.50. The van der Waals surface area contributed by atoms with Gasteiger partial charge in [-0.1, -0.05) is 29.8 Å². The first-order valence-corrected chi connectivity index (χ1v) is 7.31. The highest BCUT2D eigenvalue weighted by molar-refractivity contribution is 6.04. The number of H-pyrrole nitrogens is 1. The third kappa shape index (κ3) is 3.03. The smallest absolute Gasteiger partial charge is 0.276 e. The number of anilines is 1. The van der Waals surface area contributed by atoms with Crippen molar-refractivity contribution in [1.29, 1.82) is 0 Å². The van der Waals surface area contributed by atoms with Crippen LogP contribution in [0, 0.1) is 18.6 Å². The van der Waals surface area contributed by atoms with Gasteiger partial charge in [-0.2, -0.15) is 5.10 Å². The molecule has 1 amide bonds. The number of nitrogens with one attached hydrogen (secondary N) is 1. The molecule has 4 nitrogen and oxygen atoms in total. The van der Waals surface area contributed by atoms with Crippen molar-refractivity contribution in [3.8, 4) is 11.3 Å². The maximum absolute atomic E-state index is 13.3. The number of aromatic amines is 1. The van der Waals surface area contributed by atoms with Crippen LogP contribution in [0.25, 0.3) is 11.3 Å². The SMILES string of the molecule is Cc1ccc(-c2cc(C(=O)N(C)c3ccc(F)c(F)c3)[nH]n2)cc1. The van der Waals surface area contributed by atoms with Crippen LogP contribution in [0.2, 0.25) is 0 Å². The summed E-state index contributed by atoms with van der Waals surface area (Å²) in [6.07, 6.45) is 0. The molecule has 6 heteroatoms. The van der Waals surface area contributed by atoms with Crippen molar-refractivity contribution in [2.24, 2.45) is 0 Å². The standard InChI is InChI=1S/C18H15F2N3O/c1-11-3-5-12(6-4-11)16-10-17(22-21-16)18(24)23(2)13-7-8-14(19)15(20)9-13/h3-10H,1-2H3,(H,21,22). The molecule has 2 aromatic carbocycles. The largest absolute Gasteiger partial charge is 0.310 e. The summed E-state index contributed by atoms with van der Waals surface area (Å²) in [5, 5.41) is 6.82. The number of benzene rings is 2. The topological polar surface area (TPSA) is 49.0 Å². The molecular weight excluding hydrogens is 312 g/mol. The van der Waals surface area contributed by atoms with Crippen molar-refractivity contribution in [1.82, 2.24) is 10.2 Å². The molecule has 1 aromatic heterocycles. The molecule has 122 valence electrons. The van der Waals surface area contributed by atoms with E-state index in [0.29, 0.717) is 5.69 Å². The number of carbonyl (C=O) groups is 1. The molecule has 0 saturated heterocycles. The van der Waals surface area contributed by atoms with E-state index < -0.39 is 17.5 Å². The number of amides is 1. The molecule has 0 fully saturated rings. The number of carbonyl (C=O) groups excluding carboxylic acids is 1. The van der Waals surface area contributed by atoms with E-state index in [0.717, 1.165) is 23.3 Å². The fraction of sp³-hybridized carbons (Fsp3) is 0.111. The first-order chi connectivity index (χ1) is 11.5. The lowest BCUT2D eigenvalue weighted by atomic mass is 10.1. The van der Waals surface area contributed by atoms with Gasteiger partial charge in [-0.25, -0.2) is 8.78 Å². The summed E-state index contributed by atoms with van der Waals surface area (Å²) in [5.41, 5.74) is 3.16. The quantitative estimate of drug-likeness (QED) is 0.792. The van der Waals surface area contributed by atoms with Gasteiger partial charge in [0.25, 0.3) is 5.91 Å². The summed E-state index contributed by atoms with van der Waals surface area (Å²) in [4.78, 5) is 13.7. The fourth-order valence-corrected chi connectivity index (χ4v) is 2.30. The van der Waals surface area contributed by atoms with Crippen molar-refractivity contribution in [2.45, 2.75) is 6.92 Å². The predicted octanol–water partition coefficient (Wildman–Crippen LogP) is 3.94. The van der Waals surface area contributed by atoms with E-state index in [-0.39, 0.29) is 11.4 Å². The van der Waals surface area contributed by atoms with Crippen molar-refractivity contribution in [3.63, 3.8) is 0 Å². The highest BCUT2D eigenvalue weighted by Crippen LogP contribution is 2.21. The Labute approximate surface area is 137 Å². The summed E-state index contributed by atoms with van der Waals surface area (Å²) in [7, 11) is 1.49. The molecule has 0 aliphatic heterocycles. The molecule has 0 atom stereocenters. The first kappa shape index (κ1) is 15.9. The van der Waals surface area contributed by atoms with Gasteiger partial charge in [0, 0.05) is 24.4 Å². The second-order valence-corrected chi connectivity index (χ2v) is 5.50. The van der Waals surface area contributed by atoms with E-state index in [9.17, 15) is 13.6 Å². The molecule has 3 aromatic rings. The molecule has 24 heavy (non-hydrogen) atoms. The molecule has 1 heterocycles. The van der Waals surface area contributed by atoms with E-state index in [4.69, 9.17) is 0 Å². The highest BCUT2D eigenvalue weighted by atomic mass is 19.2. The monoisotopic (exact) mass is 327 g/mol. The second kappa shape index (κ2) is 6.23. The number of aromatic nitrogens is 2. The summed E-state index contributed by atoms with van der Waals surface area (Å²) in [6, 6.07) is 12.7. The van der Waals surface area contributed by atoms with Crippen molar-refractivity contribution < 1.29 is 13.6 Å². The summed E-state index contributed by atoms with van der Waals surface area (Å²) >= 11 is 0. The predicted molar refractivity (Wildman–Crippen MR) is 87.9 cm³/mol. The van der Waals surface area contributed by atoms with E-state index >= 15 is 0 Å². The Hall–Kier alpha value is -3.02. The van der Waals surface area contributed by atoms with Crippen LogP contribution in [0.3, 0.4) is 0 Å². The number of rotatable bonds is 3. The third-order valence-corrected chi connectivity index (χ3v) is 3.75. The van der Waals surface area contributed by atoms with Crippen LogP contribution in [-0.2, 0) is 0 Å². The maximum atomic E-state index is 13.3. The van der Waals surface area contributed by atoms with Crippen LogP contribution >= 0.6 is 0 Å². The molecule has 1 N–H and O–H groups in total. The van der Waals surface area contributed by atoms with Gasteiger partial charge in [0.2, 0.25) is 0 Å². The van der Waals surface area contributed by atoms with Crippen LogP contribution in [0.4, 0.5) is 14.5 Å². The van der Waals surface area contributed by atoms with E-state index in [1.165, 1.54) is 18.0 Å². The van der Waals surface area contributed by atoms with Crippen LogP contribution in [0.15, 0.2) is 48.5 Å². The van der Waals surface area contributed by atoms with Crippen LogP contribution in [0.5, 0.6) is 0 Å². The average molecular weight is 327 g/mol. The van der Waals surface area contributed by atoms with Gasteiger partial charge in [-0.3, -0.25) is 9.89 Å². The lowest BCUT2D eigenvalue weighted by molar-refractivity contribution is 0.0988. The Kier molecular flexibility index (Phi) is 4.12. The van der Waals surface area contributed by atoms with Crippen LogP contribution < -0.4 is 4.90 Å². The van der Waals surface area contributed by atoms with Gasteiger partial charge in [0.15, 0.2) is 11.6 Å². The van der Waals surface area contributed by atoms with Crippen LogP contribution in [0.1, 0.15) is 16.1 Å². The van der Waals surface area contributed by atoms with Gasteiger partial charge in [0.05, 0.1) is 5.69 Å². The molecule has 0 spiro atoms. The van der Waals surface area contributed by atoms with E-state index in [1.54, 1.807) is 6.07 Å². The molecule has 0 unspecified atom stereocenters. The molecule has 0 radical (unpaired) electrons. The number of hydrogen-bond donors (Lipinski definition) is 1. The van der Waals surface area contributed by atoms with Gasteiger partial charge < -0.3 is 4.90 Å². The number of nitrogens with zero attached hydrogens (tertiary/aromatic N) is 2. The molecule has 0 aliphatic carbocycles. The molecule has 3 rings (SSSR count). The average Bonchev–Trinajstić information content (AvgIpc) is 3.06. The zero-order valence-electron chi connectivity index (χ0n) is 13.2. The van der Waals surface area contributed by atoms with Gasteiger partial charge >= 0.3 is 0 Å². The van der Waals surface area contributed by atoms with Crippen LogP contribution in [-0.4, -0.2) is 23.2 Å². The Morgan fingerprint density at radius 3 is 2.42 bits per heavy atom. The number of aryl methyl sites for hydroxylation is 1. The summed E-state index contributed by atoms with van der Waals surface area (Å²) in [6.45, 7) is 1.99. The Morgan fingerprint density at radius 1 is 1.04 bits per heavy atom. The Balaban J connectivity index is 1.85. The Bertz CT molecular complexity index is 888. The van der Waals surface area contributed by atoms with Crippen molar-refractivity contribution in [2.75, 3.05) is 11.9 Å². The third-order valence-electron chi connectivity index (χ3n) is 3.75. The zero-order chi connectivity index (χ0) is 17.3. The normalized spacial score (nSPS) is 10.7. The zero-order valence-corrected chi connectivity index (χ0v) is 13.2. The minimum absolute atomic E-state index is 0.255. The molecule has 0 saturated carbocycles. The van der Waals surface area contributed by atoms with Gasteiger partial charge in [-0.15, -0.1) is 0 Å². The van der Waals surface area contributed by atoms with Gasteiger partial charge in [0.1, 0.15) is 5.69 Å². The number of hydrogen-bond acceptors (Lipinski definition) is 2. The van der Waals surface area contributed by atoms with E-state index in [2.05, 4.69) is 10.2 Å². The Morgan fingerprint density at radius 2 is 1.75 bits per heavy atom. The summed E-state index contributed by atoms with van der Waals surface area (Å²) < 4.78 is 26.3. The van der Waals surface area contributed by atoms with Gasteiger partial charge in [-0.05, 0) is 25.1 Å². The van der Waals surface area contributed by atoms with E-state index in [1.807, 2.05) is 31.2 Å². The highest BCUT2D eigenvalue weighted by Gasteiger charge is 2.18. The fourth-order valence-electron chi connectivity index (χ4n) is 2.30. The maximum Gasteiger partial charge on any atom is 0.276 e. The minimum atomic E-state index is -1.00. The van der Waals surface area contributed by atoms with Crippen molar-refractivity contribution in [3.05, 3.63) is 71.4 Å². The number of halogens is 2. The van der Waals surface area contributed by atoms with Crippen molar-refractivity contribution >= 4 is 11.6 Å². The minimum Gasteiger partial charge on any atom is -0.310 e. The molecule has 0 aliphatic rings.